The van der Waals surface area contributed by atoms with Gasteiger partial charge in [-0.2, -0.15) is 12.7 Å². The van der Waals surface area contributed by atoms with Crippen LogP contribution < -0.4 is 4.72 Å². The number of nitrogens with zero attached hydrogens (tertiary/aromatic N) is 1. The number of rotatable bonds is 4. The third-order valence-electron chi connectivity index (χ3n) is 3.57. The zero-order valence-corrected chi connectivity index (χ0v) is 12.7. The second-order valence-corrected chi connectivity index (χ2v) is 6.51. The summed E-state index contributed by atoms with van der Waals surface area (Å²) >= 11 is 0. The van der Waals surface area contributed by atoms with Gasteiger partial charge in [-0.3, -0.25) is 4.72 Å². The van der Waals surface area contributed by atoms with E-state index in [1.54, 1.807) is 13.8 Å². The zero-order chi connectivity index (χ0) is 15.6. The minimum absolute atomic E-state index is 0.168. The van der Waals surface area contributed by atoms with Crippen LogP contribution in [0.5, 0.6) is 0 Å². The van der Waals surface area contributed by atoms with Crippen LogP contribution in [-0.2, 0) is 14.9 Å². The van der Waals surface area contributed by atoms with Gasteiger partial charge in [-0.1, -0.05) is 0 Å². The average molecular weight is 314 g/mol. The Labute approximate surface area is 123 Å². The molecule has 0 bridgehead atoms. The summed E-state index contributed by atoms with van der Waals surface area (Å²) in [5.41, 5.74) is 1.71. The van der Waals surface area contributed by atoms with E-state index in [4.69, 9.17) is 9.84 Å². The standard InChI is InChI=1S/C13H18N2O5S/c1-9-10(2)12(4-3-11(9)13(16)17)14-21(18,19)15-5-7-20-8-6-15/h3-4,14H,5-8H2,1-2H3,(H,16,17). The number of benzene rings is 1. The number of morpholine rings is 1. The highest BCUT2D eigenvalue weighted by Gasteiger charge is 2.25. The summed E-state index contributed by atoms with van der Waals surface area (Å²) in [4.78, 5) is 11.1. The van der Waals surface area contributed by atoms with Crippen molar-refractivity contribution >= 4 is 21.9 Å². The molecule has 0 radical (unpaired) electrons. The van der Waals surface area contributed by atoms with Crippen LogP contribution in [0.4, 0.5) is 5.69 Å². The molecular formula is C13H18N2O5S. The van der Waals surface area contributed by atoms with Crippen molar-refractivity contribution < 1.29 is 23.1 Å². The molecule has 1 fully saturated rings. The SMILES string of the molecule is Cc1c(NS(=O)(=O)N2CCOCC2)ccc(C(=O)O)c1C. The van der Waals surface area contributed by atoms with Crippen molar-refractivity contribution in [1.82, 2.24) is 4.31 Å². The predicted molar refractivity (Wildman–Crippen MR) is 77.8 cm³/mol. The Kier molecular flexibility index (Phi) is 4.50. The van der Waals surface area contributed by atoms with Gasteiger partial charge in [0.15, 0.2) is 0 Å². The fraction of sp³-hybridized carbons (Fsp3) is 0.462. The second-order valence-electron chi connectivity index (χ2n) is 4.83. The van der Waals surface area contributed by atoms with Crippen molar-refractivity contribution in [2.75, 3.05) is 31.0 Å². The number of ether oxygens (including phenoxy) is 1. The number of aromatic carboxylic acids is 1. The number of carbonyl (C=O) groups is 1. The van der Waals surface area contributed by atoms with E-state index in [1.807, 2.05) is 0 Å². The number of carboxylic acids is 1. The molecule has 1 heterocycles. The van der Waals surface area contributed by atoms with Crippen LogP contribution >= 0.6 is 0 Å². The van der Waals surface area contributed by atoms with Crippen molar-refractivity contribution in [3.8, 4) is 0 Å². The summed E-state index contributed by atoms with van der Waals surface area (Å²) in [6.45, 7) is 4.71. The van der Waals surface area contributed by atoms with Gasteiger partial charge in [-0.05, 0) is 37.1 Å². The van der Waals surface area contributed by atoms with E-state index >= 15 is 0 Å². The maximum absolute atomic E-state index is 12.3. The normalized spacial score (nSPS) is 16.7. The Bertz CT molecular complexity index is 651. The number of anilines is 1. The van der Waals surface area contributed by atoms with Crippen LogP contribution in [-0.4, -0.2) is 50.1 Å². The van der Waals surface area contributed by atoms with Crippen LogP contribution in [0.1, 0.15) is 21.5 Å². The molecule has 0 spiro atoms. The molecule has 1 aliphatic rings. The van der Waals surface area contributed by atoms with Gasteiger partial charge in [0.05, 0.1) is 24.5 Å². The zero-order valence-electron chi connectivity index (χ0n) is 11.9. The van der Waals surface area contributed by atoms with Crippen molar-refractivity contribution in [3.63, 3.8) is 0 Å². The minimum Gasteiger partial charge on any atom is -0.478 e. The highest BCUT2D eigenvalue weighted by atomic mass is 32.2. The molecule has 0 atom stereocenters. The molecule has 1 saturated heterocycles. The Morgan fingerprint density at radius 3 is 2.43 bits per heavy atom. The molecule has 0 unspecified atom stereocenters. The summed E-state index contributed by atoms with van der Waals surface area (Å²) in [5, 5.41) is 9.06. The summed E-state index contributed by atoms with van der Waals surface area (Å²) in [6, 6.07) is 2.88. The highest BCUT2D eigenvalue weighted by Crippen LogP contribution is 2.24. The number of hydrogen-bond acceptors (Lipinski definition) is 4. The maximum Gasteiger partial charge on any atom is 0.335 e. The molecule has 2 rings (SSSR count). The molecule has 0 aliphatic carbocycles. The fourth-order valence-electron chi connectivity index (χ4n) is 2.15. The molecule has 1 aromatic rings. The molecular weight excluding hydrogens is 296 g/mol. The minimum atomic E-state index is -3.65. The van der Waals surface area contributed by atoms with Gasteiger partial charge in [-0.15, -0.1) is 0 Å². The lowest BCUT2D eigenvalue weighted by molar-refractivity contribution is 0.0696. The highest BCUT2D eigenvalue weighted by molar-refractivity contribution is 7.90. The monoisotopic (exact) mass is 314 g/mol. The molecule has 7 nitrogen and oxygen atoms in total. The lowest BCUT2D eigenvalue weighted by Gasteiger charge is -2.27. The topological polar surface area (TPSA) is 95.9 Å². The van der Waals surface area contributed by atoms with Gasteiger partial charge in [0, 0.05) is 13.1 Å². The Hall–Kier alpha value is -1.64. The number of carboxylic acid groups (broad SMARTS) is 1. The van der Waals surface area contributed by atoms with Crippen LogP contribution in [0.25, 0.3) is 0 Å². The Balaban J connectivity index is 2.27. The second kappa shape index (κ2) is 6.00. The van der Waals surface area contributed by atoms with Gasteiger partial charge in [-0.25, -0.2) is 4.79 Å². The molecule has 0 saturated carbocycles. The summed E-state index contributed by atoms with van der Waals surface area (Å²) in [5.74, 6) is -1.03. The quantitative estimate of drug-likeness (QED) is 0.864. The van der Waals surface area contributed by atoms with E-state index in [1.165, 1.54) is 16.4 Å². The molecule has 116 valence electrons. The fourth-order valence-corrected chi connectivity index (χ4v) is 3.41. The molecule has 0 aromatic heterocycles. The molecule has 21 heavy (non-hydrogen) atoms. The number of nitrogens with one attached hydrogen (secondary N) is 1. The van der Waals surface area contributed by atoms with Crippen LogP contribution in [0.15, 0.2) is 12.1 Å². The van der Waals surface area contributed by atoms with E-state index in [0.717, 1.165) is 0 Å². The molecule has 2 N–H and O–H groups in total. The van der Waals surface area contributed by atoms with Crippen LogP contribution in [0.3, 0.4) is 0 Å². The van der Waals surface area contributed by atoms with E-state index in [0.29, 0.717) is 43.1 Å². The van der Waals surface area contributed by atoms with Gasteiger partial charge in [0.1, 0.15) is 0 Å². The smallest absolute Gasteiger partial charge is 0.335 e. The maximum atomic E-state index is 12.3. The Morgan fingerprint density at radius 1 is 1.24 bits per heavy atom. The van der Waals surface area contributed by atoms with Crippen LogP contribution in [0.2, 0.25) is 0 Å². The van der Waals surface area contributed by atoms with Gasteiger partial charge < -0.3 is 9.84 Å². The van der Waals surface area contributed by atoms with E-state index in [2.05, 4.69) is 4.72 Å². The summed E-state index contributed by atoms with van der Waals surface area (Å²) in [7, 11) is -3.65. The largest absolute Gasteiger partial charge is 0.478 e. The van der Waals surface area contributed by atoms with E-state index in [-0.39, 0.29) is 5.56 Å². The van der Waals surface area contributed by atoms with Gasteiger partial charge in [0.25, 0.3) is 0 Å². The first kappa shape index (κ1) is 15.7. The number of hydrogen-bond donors (Lipinski definition) is 2. The van der Waals surface area contributed by atoms with Gasteiger partial charge >= 0.3 is 16.2 Å². The van der Waals surface area contributed by atoms with Crippen molar-refractivity contribution in [3.05, 3.63) is 28.8 Å². The van der Waals surface area contributed by atoms with Crippen molar-refractivity contribution in [2.45, 2.75) is 13.8 Å². The van der Waals surface area contributed by atoms with Crippen LogP contribution in [0, 0.1) is 13.8 Å². The molecule has 1 aromatic carbocycles. The average Bonchev–Trinajstić information content (AvgIpc) is 2.44. The van der Waals surface area contributed by atoms with E-state index < -0.39 is 16.2 Å². The lowest BCUT2D eigenvalue weighted by Crippen LogP contribution is -2.43. The Morgan fingerprint density at radius 2 is 1.86 bits per heavy atom. The molecule has 8 heteroatoms. The van der Waals surface area contributed by atoms with Crippen molar-refractivity contribution in [2.24, 2.45) is 0 Å². The summed E-state index contributed by atoms with van der Waals surface area (Å²) in [6.07, 6.45) is 0. The molecule has 1 aliphatic heterocycles. The third-order valence-corrected chi connectivity index (χ3v) is 5.09. The third kappa shape index (κ3) is 3.34. The predicted octanol–water partition coefficient (Wildman–Crippen LogP) is 0.991. The summed E-state index contributed by atoms with van der Waals surface area (Å²) < 4.78 is 33.5. The first-order valence-corrected chi connectivity index (χ1v) is 7.96. The van der Waals surface area contributed by atoms with Crippen molar-refractivity contribution in [1.29, 1.82) is 0 Å². The first-order valence-electron chi connectivity index (χ1n) is 6.52. The first-order chi connectivity index (χ1) is 9.83. The van der Waals surface area contributed by atoms with Gasteiger partial charge in [0.2, 0.25) is 0 Å². The van der Waals surface area contributed by atoms with E-state index in [9.17, 15) is 13.2 Å². The lowest BCUT2D eigenvalue weighted by atomic mass is 10.0. The molecule has 0 amide bonds.